The maximum absolute atomic E-state index is 12.5. The van der Waals surface area contributed by atoms with E-state index in [-0.39, 0.29) is 24.2 Å². The lowest BCUT2D eigenvalue weighted by Crippen LogP contribution is -2.28. The minimum Gasteiger partial charge on any atom is -0.493 e. The van der Waals surface area contributed by atoms with Gasteiger partial charge in [0.05, 0.1) is 32.4 Å². The zero-order chi connectivity index (χ0) is 18.5. The van der Waals surface area contributed by atoms with Gasteiger partial charge < -0.3 is 19.7 Å². The van der Waals surface area contributed by atoms with Crippen LogP contribution in [-0.4, -0.2) is 42.5 Å². The van der Waals surface area contributed by atoms with Gasteiger partial charge in [-0.2, -0.15) is 0 Å². The van der Waals surface area contributed by atoms with E-state index in [1.165, 1.54) is 7.11 Å². The predicted octanol–water partition coefficient (Wildman–Crippen LogP) is 2.09. The normalized spacial score (nSPS) is 16.5. The molecule has 1 aromatic carbocycles. The Labute approximate surface area is 151 Å². The fourth-order valence-corrected chi connectivity index (χ4v) is 2.95. The molecule has 2 heterocycles. The van der Waals surface area contributed by atoms with Crippen LogP contribution in [0, 0.1) is 5.92 Å². The summed E-state index contributed by atoms with van der Waals surface area (Å²) < 4.78 is 10.4. The van der Waals surface area contributed by atoms with Gasteiger partial charge in [-0.25, -0.2) is 0 Å². The molecule has 1 saturated heterocycles. The zero-order valence-electron chi connectivity index (χ0n) is 14.8. The third-order valence-corrected chi connectivity index (χ3v) is 4.32. The molecule has 2 amide bonds. The Bertz CT molecular complexity index is 795. The van der Waals surface area contributed by atoms with Crippen molar-refractivity contribution in [2.24, 2.45) is 5.92 Å². The molecule has 1 unspecified atom stereocenters. The lowest BCUT2D eigenvalue weighted by Gasteiger charge is -2.16. The second kappa shape index (κ2) is 7.86. The highest BCUT2D eigenvalue weighted by atomic mass is 16.5. The van der Waals surface area contributed by atoms with Crippen LogP contribution in [0.4, 0.5) is 5.69 Å². The zero-order valence-corrected chi connectivity index (χ0v) is 14.8. The topological polar surface area (TPSA) is 80.8 Å². The summed E-state index contributed by atoms with van der Waals surface area (Å²) in [5.74, 6) is 0.504. The number of carbonyl (C=O) groups is 2. The van der Waals surface area contributed by atoms with E-state index in [2.05, 4.69) is 10.3 Å². The molecule has 7 nitrogen and oxygen atoms in total. The number of likely N-dealkylation sites (tertiary alicyclic amines) is 1. The molecule has 1 atom stereocenters. The van der Waals surface area contributed by atoms with Crippen LogP contribution in [0.5, 0.6) is 11.5 Å². The first-order valence-electron chi connectivity index (χ1n) is 8.31. The SMILES string of the molecule is COc1ccc(NC(=O)C2CC(=O)N(Cc3ccccn3)C2)cc1OC. The number of methoxy groups -OCH3 is 2. The summed E-state index contributed by atoms with van der Waals surface area (Å²) in [6.07, 6.45) is 1.89. The number of aromatic nitrogens is 1. The van der Waals surface area contributed by atoms with E-state index in [4.69, 9.17) is 9.47 Å². The van der Waals surface area contributed by atoms with Crippen molar-refractivity contribution in [1.29, 1.82) is 0 Å². The maximum Gasteiger partial charge on any atom is 0.229 e. The number of carbonyl (C=O) groups excluding carboxylic acids is 2. The van der Waals surface area contributed by atoms with Gasteiger partial charge in [0.2, 0.25) is 11.8 Å². The standard InChI is InChI=1S/C19H21N3O4/c1-25-16-7-6-14(10-17(16)26-2)21-19(24)13-9-18(23)22(11-13)12-15-5-3-4-8-20-15/h3-8,10,13H,9,11-12H2,1-2H3,(H,21,24). The largest absolute Gasteiger partial charge is 0.493 e. The van der Waals surface area contributed by atoms with E-state index in [1.807, 2.05) is 18.2 Å². The Morgan fingerprint density at radius 1 is 1.23 bits per heavy atom. The first-order valence-corrected chi connectivity index (χ1v) is 8.31. The highest BCUT2D eigenvalue weighted by Gasteiger charge is 2.34. The van der Waals surface area contributed by atoms with Gasteiger partial charge in [-0.05, 0) is 24.3 Å². The first-order chi connectivity index (χ1) is 12.6. The average molecular weight is 355 g/mol. The molecular weight excluding hydrogens is 334 g/mol. The van der Waals surface area contributed by atoms with Crippen LogP contribution in [0.25, 0.3) is 0 Å². The van der Waals surface area contributed by atoms with Crippen LogP contribution in [0.15, 0.2) is 42.6 Å². The summed E-state index contributed by atoms with van der Waals surface area (Å²) in [5, 5.41) is 2.85. The lowest BCUT2D eigenvalue weighted by molar-refractivity contribution is -0.128. The molecule has 1 fully saturated rings. The summed E-state index contributed by atoms with van der Waals surface area (Å²) in [7, 11) is 3.09. The molecule has 1 aromatic heterocycles. The molecule has 1 N–H and O–H groups in total. The van der Waals surface area contributed by atoms with E-state index in [9.17, 15) is 9.59 Å². The van der Waals surface area contributed by atoms with Gasteiger partial charge in [0, 0.05) is 30.9 Å². The molecule has 136 valence electrons. The van der Waals surface area contributed by atoms with Gasteiger partial charge in [-0.3, -0.25) is 14.6 Å². The number of nitrogens with one attached hydrogen (secondary N) is 1. The van der Waals surface area contributed by atoms with Crippen molar-refractivity contribution in [2.75, 3.05) is 26.1 Å². The lowest BCUT2D eigenvalue weighted by atomic mass is 10.1. The van der Waals surface area contributed by atoms with Crippen LogP contribution in [0.1, 0.15) is 12.1 Å². The van der Waals surface area contributed by atoms with Crippen molar-refractivity contribution in [3.63, 3.8) is 0 Å². The van der Waals surface area contributed by atoms with Crippen LogP contribution in [-0.2, 0) is 16.1 Å². The van der Waals surface area contributed by atoms with Gasteiger partial charge in [0.1, 0.15) is 0 Å². The number of rotatable bonds is 6. The first kappa shape index (κ1) is 17.7. The number of nitrogens with zero attached hydrogens (tertiary/aromatic N) is 2. The molecule has 1 aliphatic rings. The van der Waals surface area contributed by atoms with Crippen molar-refractivity contribution >= 4 is 17.5 Å². The van der Waals surface area contributed by atoms with Crippen molar-refractivity contribution in [2.45, 2.75) is 13.0 Å². The molecule has 1 aliphatic heterocycles. The van der Waals surface area contributed by atoms with Gasteiger partial charge >= 0.3 is 0 Å². The van der Waals surface area contributed by atoms with Crippen molar-refractivity contribution < 1.29 is 19.1 Å². The number of anilines is 1. The number of benzene rings is 1. The molecule has 0 bridgehead atoms. The van der Waals surface area contributed by atoms with E-state index in [1.54, 1.807) is 36.4 Å². The van der Waals surface area contributed by atoms with E-state index in [0.29, 0.717) is 30.3 Å². The second-order valence-corrected chi connectivity index (χ2v) is 6.06. The Kier molecular flexibility index (Phi) is 5.36. The van der Waals surface area contributed by atoms with Crippen LogP contribution in [0.2, 0.25) is 0 Å². The predicted molar refractivity (Wildman–Crippen MR) is 95.9 cm³/mol. The van der Waals surface area contributed by atoms with E-state index in [0.717, 1.165) is 5.69 Å². The maximum atomic E-state index is 12.5. The molecular formula is C19H21N3O4. The molecule has 0 spiro atoms. The van der Waals surface area contributed by atoms with Crippen molar-refractivity contribution in [3.05, 3.63) is 48.3 Å². The monoisotopic (exact) mass is 355 g/mol. The van der Waals surface area contributed by atoms with Crippen LogP contribution in [0.3, 0.4) is 0 Å². The Morgan fingerprint density at radius 3 is 2.73 bits per heavy atom. The van der Waals surface area contributed by atoms with Gasteiger partial charge in [0.25, 0.3) is 0 Å². The number of pyridine rings is 1. The summed E-state index contributed by atoms with van der Waals surface area (Å²) in [6, 6.07) is 10.7. The molecule has 0 radical (unpaired) electrons. The summed E-state index contributed by atoms with van der Waals surface area (Å²) in [4.78, 5) is 30.6. The number of amides is 2. The summed E-state index contributed by atoms with van der Waals surface area (Å²) in [5.41, 5.74) is 1.41. The van der Waals surface area contributed by atoms with Crippen molar-refractivity contribution in [3.8, 4) is 11.5 Å². The van der Waals surface area contributed by atoms with Crippen LogP contribution >= 0.6 is 0 Å². The Morgan fingerprint density at radius 2 is 2.04 bits per heavy atom. The quantitative estimate of drug-likeness (QED) is 0.858. The Hall–Kier alpha value is -3.09. The summed E-state index contributed by atoms with van der Waals surface area (Å²) >= 11 is 0. The second-order valence-electron chi connectivity index (χ2n) is 6.06. The van der Waals surface area contributed by atoms with E-state index < -0.39 is 0 Å². The molecule has 2 aromatic rings. The summed E-state index contributed by atoms with van der Waals surface area (Å²) in [6.45, 7) is 0.800. The number of hydrogen-bond acceptors (Lipinski definition) is 5. The van der Waals surface area contributed by atoms with Gasteiger partial charge in [0.15, 0.2) is 11.5 Å². The van der Waals surface area contributed by atoms with Crippen LogP contribution < -0.4 is 14.8 Å². The molecule has 0 aliphatic carbocycles. The molecule has 26 heavy (non-hydrogen) atoms. The third-order valence-electron chi connectivity index (χ3n) is 4.32. The molecule has 7 heteroatoms. The average Bonchev–Trinajstić information content (AvgIpc) is 3.03. The fraction of sp³-hybridized carbons (Fsp3) is 0.316. The molecule has 3 rings (SSSR count). The van der Waals surface area contributed by atoms with Gasteiger partial charge in [-0.15, -0.1) is 0 Å². The van der Waals surface area contributed by atoms with Gasteiger partial charge in [-0.1, -0.05) is 6.07 Å². The molecule has 0 saturated carbocycles. The highest BCUT2D eigenvalue weighted by Crippen LogP contribution is 2.30. The van der Waals surface area contributed by atoms with E-state index >= 15 is 0 Å². The minimum atomic E-state index is -0.390. The smallest absolute Gasteiger partial charge is 0.229 e. The van der Waals surface area contributed by atoms with Crippen molar-refractivity contribution in [1.82, 2.24) is 9.88 Å². The number of hydrogen-bond donors (Lipinski definition) is 1. The third kappa shape index (κ3) is 3.93. The fourth-order valence-electron chi connectivity index (χ4n) is 2.95. The number of ether oxygens (including phenoxy) is 2. The highest BCUT2D eigenvalue weighted by molar-refractivity contribution is 5.97. The minimum absolute atomic E-state index is 0.0388. The Balaban J connectivity index is 1.63.